The molecule has 32 heavy (non-hydrogen) atoms. The molecular formula is C23H26ClFN4O3. The standard InChI is InChI=1S/C23H26ClFN4O3/c1-23(15-30)14-28(21(31)16-2-4-17(24)5-3-16)13-20-12-27(10-11-29(20)23)22(32)26-19-8-6-18(25)7-9-19/h2-9,20,30H,10-15H2,1H3,(H,26,32). The number of aliphatic hydroxyl groups excluding tert-OH is 1. The third kappa shape index (κ3) is 4.57. The average molecular weight is 461 g/mol. The number of urea groups is 1. The van der Waals surface area contributed by atoms with Crippen molar-refractivity contribution in [3.05, 3.63) is 64.9 Å². The number of carbonyl (C=O) groups is 2. The first-order valence-corrected chi connectivity index (χ1v) is 10.9. The molecule has 2 heterocycles. The van der Waals surface area contributed by atoms with Crippen LogP contribution >= 0.6 is 11.6 Å². The minimum absolute atomic E-state index is 0.102. The van der Waals surface area contributed by atoms with E-state index in [1.165, 1.54) is 24.3 Å². The predicted molar refractivity (Wildman–Crippen MR) is 120 cm³/mol. The molecule has 2 fully saturated rings. The highest BCUT2D eigenvalue weighted by atomic mass is 35.5. The molecule has 4 rings (SSSR count). The number of nitrogens with one attached hydrogen (secondary N) is 1. The fourth-order valence-electron chi connectivity index (χ4n) is 4.53. The number of halogens is 2. The highest BCUT2D eigenvalue weighted by Gasteiger charge is 2.46. The first-order valence-electron chi connectivity index (χ1n) is 10.5. The molecule has 170 valence electrons. The van der Waals surface area contributed by atoms with E-state index in [0.29, 0.717) is 49.0 Å². The van der Waals surface area contributed by atoms with Crippen LogP contribution in [0.2, 0.25) is 5.02 Å². The first-order chi connectivity index (χ1) is 15.3. The van der Waals surface area contributed by atoms with Gasteiger partial charge in [-0.05, 0) is 55.5 Å². The molecule has 2 atom stereocenters. The molecule has 9 heteroatoms. The normalized spacial score (nSPS) is 23.6. The van der Waals surface area contributed by atoms with Crippen LogP contribution in [0.3, 0.4) is 0 Å². The number of hydrogen-bond acceptors (Lipinski definition) is 4. The summed E-state index contributed by atoms with van der Waals surface area (Å²) in [6, 6.07) is 12.0. The van der Waals surface area contributed by atoms with Crippen LogP contribution in [-0.2, 0) is 0 Å². The number of amides is 3. The SMILES string of the molecule is CC1(CO)CN(C(=O)c2ccc(Cl)cc2)CC2CN(C(=O)Nc3ccc(F)cc3)CCN21. The van der Waals surface area contributed by atoms with E-state index in [9.17, 15) is 19.1 Å². The third-order valence-corrected chi connectivity index (χ3v) is 6.49. The lowest BCUT2D eigenvalue weighted by molar-refractivity contribution is -0.0762. The quantitative estimate of drug-likeness (QED) is 0.738. The second kappa shape index (κ2) is 9.05. The summed E-state index contributed by atoms with van der Waals surface area (Å²) < 4.78 is 13.1. The van der Waals surface area contributed by atoms with Crippen LogP contribution in [0.4, 0.5) is 14.9 Å². The number of hydrogen-bond donors (Lipinski definition) is 2. The largest absolute Gasteiger partial charge is 0.394 e. The zero-order valence-electron chi connectivity index (χ0n) is 17.8. The molecule has 2 aliphatic heterocycles. The van der Waals surface area contributed by atoms with Gasteiger partial charge in [-0.1, -0.05) is 11.6 Å². The van der Waals surface area contributed by atoms with Gasteiger partial charge >= 0.3 is 6.03 Å². The molecule has 2 aromatic rings. The number of nitrogens with zero attached hydrogens (tertiary/aromatic N) is 3. The summed E-state index contributed by atoms with van der Waals surface area (Å²) in [5.41, 5.74) is 0.442. The van der Waals surface area contributed by atoms with Crippen LogP contribution in [0, 0.1) is 5.82 Å². The number of aliphatic hydroxyl groups is 1. The maximum atomic E-state index is 13.1. The Morgan fingerprint density at radius 2 is 1.75 bits per heavy atom. The van der Waals surface area contributed by atoms with Gasteiger partial charge in [0.2, 0.25) is 0 Å². The second-order valence-electron chi connectivity index (χ2n) is 8.58. The summed E-state index contributed by atoms with van der Waals surface area (Å²) in [5, 5.41) is 13.5. The smallest absolute Gasteiger partial charge is 0.321 e. The molecule has 0 aromatic heterocycles. The Hall–Kier alpha value is -2.68. The van der Waals surface area contributed by atoms with E-state index >= 15 is 0 Å². The number of rotatable bonds is 3. The monoisotopic (exact) mass is 460 g/mol. The van der Waals surface area contributed by atoms with Crippen molar-refractivity contribution in [1.82, 2.24) is 14.7 Å². The summed E-state index contributed by atoms with van der Waals surface area (Å²) >= 11 is 5.95. The van der Waals surface area contributed by atoms with Gasteiger partial charge in [-0.2, -0.15) is 0 Å². The van der Waals surface area contributed by atoms with Gasteiger partial charge in [0.1, 0.15) is 5.82 Å². The van der Waals surface area contributed by atoms with Gasteiger partial charge in [0.15, 0.2) is 0 Å². The Bertz CT molecular complexity index is 988. The Labute approximate surface area is 191 Å². The lowest BCUT2D eigenvalue weighted by Gasteiger charge is -2.56. The van der Waals surface area contributed by atoms with Gasteiger partial charge in [-0.3, -0.25) is 9.69 Å². The Morgan fingerprint density at radius 3 is 2.41 bits per heavy atom. The minimum atomic E-state index is -0.607. The highest BCUT2D eigenvalue weighted by molar-refractivity contribution is 6.30. The molecule has 2 aromatic carbocycles. The third-order valence-electron chi connectivity index (χ3n) is 6.24. The molecule has 0 aliphatic carbocycles. The van der Waals surface area contributed by atoms with Crippen LogP contribution in [0.25, 0.3) is 0 Å². The van der Waals surface area contributed by atoms with Crippen molar-refractivity contribution < 1.29 is 19.1 Å². The molecule has 0 saturated carbocycles. The second-order valence-corrected chi connectivity index (χ2v) is 9.01. The van der Waals surface area contributed by atoms with Crippen molar-refractivity contribution in [2.45, 2.75) is 18.5 Å². The summed E-state index contributed by atoms with van der Waals surface area (Å²) in [6.45, 7) is 4.16. The number of anilines is 1. The zero-order valence-corrected chi connectivity index (χ0v) is 18.6. The van der Waals surface area contributed by atoms with E-state index in [2.05, 4.69) is 10.2 Å². The first kappa shape index (κ1) is 22.5. The maximum Gasteiger partial charge on any atom is 0.321 e. The van der Waals surface area contributed by atoms with E-state index in [0.717, 1.165) is 0 Å². The van der Waals surface area contributed by atoms with Gasteiger partial charge in [0.05, 0.1) is 12.1 Å². The van der Waals surface area contributed by atoms with E-state index in [1.807, 2.05) is 6.92 Å². The lowest BCUT2D eigenvalue weighted by atomic mass is 9.91. The summed E-state index contributed by atoms with van der Waals surface area (Å²) in [7, 11) is 0. The van der Waals surface area contributed by atoms with E-state index in [1.54, 1.807) is 34.1 Å². The molecule has 0 radical (unpaired) electrons. The van der Waals surface area contributed by atoms with Crippen molar-refractivity contribution in [3.8, 4) is 0 Å². The fourth-order valence-corrected chi connectivity index (χ4v) is 4.66. The van der Waals surface area contributed by atoms with Crippen molar-refractivity contribution >= 4 is 29.2 Å². The summed E-state index contributed by atoms with van der Waals surface area (Å²) in [4.78, 5) is 31.5. The molecule has 2 aliphatic rings. The van der Waals surface area contributed by atoms with E-state index in [4.69, 9.17) is 11.6 Å². The summed E-state index contributed by atoms with van der Waals surface area (Å²) in [5.74, 6) is -0.499. The van der Waals surface area contributed by atoms with Crippen LogP contribution in [0.1, 0.15) is 17.3 Å². The van der Waals surface area contributed by atoms with Gasteiger partial charge in [-0.15, -0.1) is 0 Å². The average Bonchev–Trinajstić information content (AvgIpc) is 2.80. The van der Waals surface area contributed by atoms with E-state index in [-0.39, 0.29) is 30.4 Å². The highest BCUT2D eigenvalue weighted by Crippen LogP contribution is 2.29. The van der Waals surface area contributed by atoms with Crippen molar-refractivity contribution in [3.63, 3.8) is 0 Å². The van der Waals surface area contributed by atoms with Crippen LogP contribution < -0.4 is 5.32 Å². The maximum absolute atomic E-state index is 13.1. The molecule has 2 unspecified atom stereocenters. The topological polar surface area (TPSA) is 76.1 Å². The Morgan fingerprint density at radius 1 is 1.09 bits per heavy atom. The fraction of sp³-hybridized carbons (Fsp3) is 0.391. The van der Waals surface area contributed by atoms with Crippen LogP contribution in [-0.4, -0.2) is 82.7 Å². The Balaban J connectivity index is 1.48. The minimum Gasteiger partial charge on any atom is -0.394 e. The van der Waals surface area contributed by atoms with Crippen molar-refractivity contribution in [1.29, 1.82) is 0 Å². The molecule has 2 N–H and O–H groups in total. The number of carbonyl (C=O) groups excluding carboxylic acids is 2. The van der Waals surface area contributed by atoms with Gasteiger partial charge in [0, 0.05) is 55.0 Å². The Kier molecular flexibility index (Phi) is 6.37. The molecule has 0 bridgehead atoms. The molecule has 7 nitrogen and oxygen atoms in total. The van der Waals surface area contributed by atoms with Crippen molar-refractivity contribution in [2.24, 2.45) is 0 Å². The van der Waals surface area contributed by atoms with Crippen LogP contribution in [0.5, 0.6) is 0 Å². The lowest BCUT2D eigenvalue weighted by Crippen LogP contribution is -2.72. The number of fused-ring (bicyclic) bond motifs is 1. The predicted octanol–water partition coefficient (Wildman–Crippen LogP) is 2.90. The van der Waals surface area contributed by atoms with Gasteiger partial charge in [-0.25, -0.2) is 9.18 Å². The molecule has 0 spiro atoms. The molecule has 2 saturated heterocycles. The molecule has 3 amide bonds. The van der Waals surface area contributed by atoms with Gasteiger partial charge < -0.3 is 20.2 Å². The summed E-state index contributed by atoms with van der Waals surface area (Å²) in [6.07, 6.45) is 0. The van der Waals surface area contributed by atoms with Crippen molar-refractivity contribution in [2.75, 3.05) is 44.6 Å². The number of benzene rings is 2. The zero-order chi connectivity index (χ0) is 22.9. The van der Waals surface area contributed by atoms with E-state index < -0.39 is 5.54 Å². The number of piperazine rings is 2. The molecular weight excluding hydrogens is 435 g/mol. The van der Waals surface area contributed by atoms with Gasteiger partial charge in [0.25, 0.3) is 5.91 Å². The van der Waals surface area contributed by atoms with Crippen LogP contribution in [0.15, 0.2) is 48.5 Å².